The molecule has 0 aromatic heterocycles. The minimum Gasteiger partial charge on any atom is -0.352 e. The highest BCUT2D eigenvalue weighted by molar-refractivity contribution is 5.81. The molecular weight excluding hydrogens is 516 g/mol. The fraction of sp³-hybridized carbons (Fsp3) is 0.684. The van der Waals surface area contributed by atoms with Crippen LogP contribution in [0.25, 0.3) is 0 Å². The van der Waals surface area contributed by atoms with E-state index in [4.69, 9.17) is 9.47 Å². The van der Waals surface area contributed by atoms with Crippen LogP contribution in [-0.2, 0) is 4.74 Å². The van der Waals surface area contributed by atoms with E-state index < -0.39 is 6.03 Å². The van der Waals surface area contributed by atoms with Crippen molar-refractivity contribution in [2.45, 2.75) is 150 Å². The Labute approximate surface area is 255 Å². The van der Waals surface area contributed by atoms with Gasteiger partial charge in [0.1, 0.15) is 6.10 Å². The minimum absolute atomic E-state index is 0.00625. The Kier molecular flexibility index (Phi) is 7.86. The van der Waals surface area contributed by atoms with Gasteiger partial charge < -0.3 is 4.74 Å². The predicted octanol–water partition coefficient (Wildman–Crippen LogP) is 8.97. The van der Waals surface area contributed by atoms with Crippen LogP contribution < -0.4 is 4.74 Å². The molecule has 0 bridgehead atoms. The van der Waals surface area contributed by atoms with Crippen LogP contribution >= 0.6 is 0 Å². The summed E-state index contributed by atoms with van der Waals surface area (Å²) in [7, 11) is 0. The molecule has 1 saturated heterocycles. The highest BCUT2D eigenvalue weighted by Crippen LogP contribution is 2.49. The average molecular weight is 573 g/mol. The monoisotopic (exact) mass is 572 g/mol. The molecule has 1 aromatic carbocycles. The maximum absolute atomic E-state index is 7.39. The van der Waals surface area contributed by atoms with Crippen molar-refractivity contribution in [3.63, 3.8) is 0 Å². The average Bonchev–Trinajstić information content (AvgIpc) is 3.21. The van der Waals surface area contributed by atoms with E-state index in [0.717, 1.165) is 5.75 Å². The highest BCUT2D eigenvalue weighted by Gasteiger charge is 2.76. The molecule has 6 rings (SSSR count). The molecule has 0 radical (unpaired) electrons. The first-order chi connectivity index (χ1) is 20.0. The van der Waals surface area contributed by atoms with Crippen LogP contribution in [0.1, 0.15) is 137 Å². The van der Waals surface area contributed by atoms with E-state index in [1.54, 1.807) is 0 Å². The maximum Gasteiger partial charge on any atom is 0.658 e. The van der Waals surface area contributed by atoms with Gasteiger partial charge in [0, 0.05) is 12.8 Å². The predicted molar refractivity (Wildman–Crippen MR) is 173 cm³/mol. The molecule has 5 unspecified atom stereocenters. The second-order valence-corrected chi connectivity index (χ2v) is 15.8. The summed E-state index contributed by atoms with van der Waals surface area (Å²) in [6, 6.07) is 6.91. The molecule has 1 saturated carbocycles. The number of rotatable bonds is 7. The van der Waals surface area contributed by atoms with E-state index >= 15 is 0 Å². The lowest BCUT2D eigenvalue weighted by Crippen LogP contribution is -2.62. The van der Waals surface area contributed by atoms with Crippen LogP contribution in [0.15, 0.2) is 41.5 Å². The summed E-state index contributed by atoms with van der Waals surface area (Å²) in [5.74, 6) is 1.79. The van der Waals surface area contributed by atoms with Crippen LogP contribution in [0.2, 0.25) is 0 Å². The van der Waals surface area contributed by atoms with Gasteiger partial charge in [0.15, 0.2) is 18.2 Å². The molecule has 5 aliphatic rings. The fourth-order valence-corrected chi connectivity index (χ4v) is 8.14. The Hall–Kier alpha value is -2.20. The molecular formula is C38H56N2O2+2. The van der Waals surface area contributed by atoms with Crippen LogP contribution in [-0.4, -0.2) is 45.8 Å². The molecule has 1 aromatic rings. The topological polar surface area (TPSA) is 24.5 Å². The van der Waals surface area contributed by atoms with E-state index in [9.17, 15) is 0 Å². The molecule has 4 heteroatoms. The Balaban J connectivity index is 1.44. The van der Waals surface area contributed by atoms with E-state index in [2.05, 4.69) is 107 Å². The van der Waals surface area contributed by atoms with Crippen LogP contribution in [0.4, 0.5) is 0 Å². The van der Waals surface area contributed by atoms with Gasteiger partial charge in [0.2, 0.25) is 12.1 Å². The second kappa shape index (κ2) is 11.1. The van der Waals surface area contributed by atoms with E-state index in [1.165, 1.54) is 86.5 Å². The Morgan fingerprint density at radius 2 is 1.57 bits per heavy atom. The zero-order chi connectivity index (χ0) is 29.9. The first-order valence-corrected chi connectivity index (χ1v) is 17.2. The SMILES string of the molecule is CCCCC(CCCC)c1ccc2c(c1)C=[N+]1C3CCCCC3[N+]3=CC4C=C(C(C)(C)C)C=C(C(C)(C)C)C4OC13O2. The summed E-state index contributed by atoms with van der Waals surface area (Å²) in [4.78, 5) is 0. The number of fused-ring (bicyclic) bond motifs is 5. The molecule has 42 heavy (non-hydrogen) atoms. The van der Waals surface area contributed by atoms with Crippen molar-refractivity contribution < 1.29 is 18.6 Å². The number of benzene rings is 1. The van der Waals surface area contributed by atoms with Gasteiger partial charge in [-0.2, -0.15) is 0 Å². The van der Waals surface area contributed by atoms with Crippen molar-refractivity contribution in [3.8, 4) is 5.75 Å². The zero-order valence-corrected chi connectivity index (χ0v) is 27.7. The second-order valence-electron chi connectivity index (χ2n) is 15.8. The number of unbranched alkanes of at least 4 members (excludes halogenated alkanes) is 2. The lowest BCUT2D eigenvalue weighted by atomic mass is 9.71. The fourth-order valence-electron chi connectivity index (χ4n) is 8.14. The van der Waals surface area contributed by atoms with Crippen LogP contribution in [0.3, 0.4) is 0 Å². The minimum atomic E-state index is -0.920. The van der Waals surface area contributed by atoms with Gasteiger partial charge in [-0.3, -0.25) is 0 Å². The van der Waals surface area contributed by atoms with Gasteiger partial charge in [-0.1, -0.05) is 108 Å². The molecule has 3 heterocycles. The number of hydrogen-bond acceptors (Lipinski definition) is 2. The quantitative estimate of drug-likeness (QED) is 0.305. The molecule has 0 amide bonds. The van der Waals surface area contributed by atoms with E-state index in [0.29, 0.717) is 18.0 Å². The zero-order valence-electron chi connectivity index (χ0n) is 27.7. The third kappa shape index (κ3) is 5.14. The first kappa shape index (κ1) is 29.9. The molecule has 1 spiro atoms. The van der Waals surface area contributed by atoms with Crippen LogP contribution in [0, 0.1) is 16.7 Å². The number of hydrogen-bond donors (Lipinski definition) is 0. The van der Waals surface area contributed by atoms with Crippen molar-refractivity contribution in [1.29, 1.82) is 0 Å². The summed E-state index contributed by atoms with van der Waals surface area (Å²) in [6.07, 6.45) is 22.3. The lowest BCUT2D eigenvalue weighted by Gasteiger charge is -2.41. The summed E-state index contributed by atoms with van der Waals surface area (Å²) < 4.78 is 19.5. The van der Waals surface area contributed by atoms with Gasteiger partial charge in [0.05, 0.1) is 11.5 Å². The Morgan fingerprint density at radius 1 is 0.905 bits per heavy atom. The largest absolute Gasteiger partial charge is 0.658 e. The van der Waals surface area contributed by atoms with Crippen molar-refractivity contribution in [2.75, 3.05) is 0 Å². The molecule has 2 fully saturated rings. The van der Waals surface area contributed by atoms with Crippen molar-refractivity contribution in [2.24, 2.45) is 16.7 Å². The van der Waals surface area contributed by atoms with Crippen molar-refractivity contribution in [1.82, 2.24) is 0 Å². The third-order valence-corrected chi connectivity index (χ3v) is 10.6. The summed E-state index contributed by atoms with van der Waals surface area (Å²) in [5.41, 5.74) is 5.57. The molecule has 2 aliphatic carbocycles. The normalized spacial score (nSPS) is 30.1. The Morgan fingerprint density at radius 3 is 2.19 bits per heavy atom. The summed E-state index contributed by atoms with van der Waals surface area (Å²) >= 11 is 0. The van der Waals surface area contributed by atoms with E-state index in [-0.39, 0.29) is 22.9 Å². The molecule has 0 N–H and O–H groups in total. The smallest absolute Gasteiger partial charge is 0.352 e. The summed E-state index contributed by atoms with van der Waals surface area (Å²) in [5, 5.41) is 0. The van der Waals surface area contributed by atoms with Gasteiger partial charge in [-0.05, 0) is 71.3 Å². The van der Waals surface area contributed by atoms with Crippen LogP contribution in [0.5, 0.6) is 5.75 Å². The van der Waals surface area contributed by atoms with Crippen molar-refractivity contribution in [3.05, 3.63) is 52.6 Å². The number of ether oxygens (including phenoxy) is 2. The molecule has 5 atom stereocenters. The highest BCUT2D eigenvalue weighted by atomic mass is 16.8. The van der Waals surface area contributed by atoms with Gasteiger partial charge >= 0.3 is 6.03 Å². The van der Waals surface area contributed by atoms with Gasteiger partial charge in [-0.25, -0.2) is 4.74 Å². The van der Waals surface area contributed by atoms with Crippen molar-refractivity contribution >= 4 is 12.4 Å². The molecule has 228 valence electrons. The standard InChI is InChI=1S/C38H56N2O2/c1-9-11-15-26(16-12-10-2)27-19-20-34-28(21-27)24-39-32-17-13-14-18-33(32)40-25-29-22-30(36(3,4)5)23-31(37(6,7)8)35(29)42-38(39,40)41-34/h19-26,29,32-33,35H,9-18H2,1-8H3/q+2. The van der Waals surface area contributed by atoms with Gasteiger partial charge in [-0.15, -0.1) is 0 Å². The maximum atomic E-state index is 7.39. The van der Waals surface area contributed by atoms with Gasteiger partial charge in [0.25, 0.3) is 0 Å². The Bertz CT molecular complexity index is 1310. The summed E-state index contributed by atoms with van der Waals surface area (Å²) in [6.45, 7) is 18.6. The number of nitrogens with zero attached hydrogens (tertiary/aromatic N) is 2. The number of allylic oxidation sites excluding steroid dienone is 2. The lowest BCUT2D eigenvalue weighted by molar-refractivity contribution is -0.882. The van der Waals surface area contributed by atoms with E-state index in [1.807, 2.05) is 0 Å². The third-order valence-electron chi connectivity index (χ3n) is 10.6. The molecule has 4 nitrogen and oxygen atoms in total. The molecule has 3 aliphatic heterocycles. The first-order valence-electron chi connectivity index (χ1n) is 17.2.